The van der Waals surface area contributed by atoms with E-state index in [0.29, 0.717) is 10.8 Å². The van der Waals surface area contributed by atoms with Crippen LogP contribution in [0, 0.1) is 0 Å². The molecule has 0 spiro atoms. The Morgan fingerprint density at radius 3 is 2.73 bits per heavy atom. The number of hydrogen-bond donors (Lipinski definition) is 2. The minimum atomic E-state index is -0.274. The maximum Gasteiger partial charge on any atom is 0.271 e. The highest BCUT2D eigenvalue weighted by Gasteiger charge is 2.09. The summed E-state index contributed by atoms with van der Waals surface area (Å²) in [7, 11) is 1.62. The molecule has 0 atom stereocenters. The number of rotatable bonds is 6. The fraction of sp³-hybridized carbons (Fsp3) is 0.211. The number of nitrogens with one attached hydrogen (secondary N) is 2. The van der Waals surface area contributed by atoms with Crippen LogP contribution in [-0.2, 0) is 0 Å². The predicted octanol–water partition coefficient (Wildman–Crippen LogP) is 3.84. The molecule has 0 radical (unpaired) electrons. The van der Waals surface area contributed by atoms with Crippen molar-refractivity contribution in [2.75, 3.05) is 7.11 Å². The normalized spacial score (nSPS) is 11.4. The summed E-state index contributed by atoms with van der Waals surface area (Å²) in [4.78, 5) is 20.0. The van der Waals surface area contributed by atoms with Crippen LogP contribution in [0.25, 0.3) is 11.0 Å². The van der Waals surface area contributed by atoms with Crippen LogP contribution in [0.3, 0.4) is 0 Å². The van der Waals surface area contributed by atoms with Gasteiger partial charge in [0, 0.05) is 10.8 Å². The lowest BCUT2D eigenvalue weighted by Gasteiger charge is -2.01. The Bertz CT molecular complexity index is 932. The predicted molar refractivity (Wildman–Crippen MR) is 105 cm³/mol. The number of hydrogen-bond acceptors (Lipinski definition) is 5. The second-order valence-electron chi connectivity index (χ2n) is 5.91. The molecule has 7 heteroatoms. The molecule has 0 saturated heterocycles. The van der Waals surface area contributed by atoms with Gasteiger partial charge < -0.3 is 9.72 Å². The Kier molecular flexibility index (Phi) is 5.58. The number of thioether (sulfide) groups is 1. The fourth-order valence-electron chi connectivity index (χ4n) is 2.33. The topological polar surface area (TPSA) is 79.4 Å². The van der Waals surface area contributed by atoms with Crippen molar-refractivity contribution in [1.82, 2.24) is 15.4 Å². The molecule has 26 heavy (non-hydrogen) atoms. The first-order valence-corrected chi connectivity index (χ1v) is 9.07. The van der Waals surface area contributed by atoms with Gasteiger partial charge in [0.05, 0.1) is 24.4 Å². The van der Waals surface area contributed by atoms with Crippen molar-refractivity contribution in [2.45, 2.75) is 24.3 Å². The van der Waals surface area contributed by atoms with E-state index >= 15 is 0 Å². The van der Waals surface area contributed by atoms with Gasteiger partial charge in [-0.15, -0.1) is 0 Å². The summed E-state index contributed by atoms with van der Waals surface area (Å²) in [5.41, 5.74) is 5.60. The minimum Gasteiger partial charge on any atom is -0.497 e. The van der Waals surface area contributed by atoms with Crippen molar-refractivity contribution in [3.05, 3.63) is 53.6 Å². The molecular weight excluding hydrogens is 348 g/mol. The van der Waals surface area contributed by atoms with Gasteiger partial charge in [-0.2, -0.15) is 5.10 Å². The second-order valence-corrected chi connectivity index (χ2v) is 7.48. The van der Waals surface area contributed by atoms with E-state index in [9.17, 15) is 4.79 Å². The maximum absolute atomic E-state index is 12.3. The van der Waals surface area contributed by atoms with Gasteiger partial charge in [0.2, 0.25) is 0 Å². The van der Waals surface area contributed by atoms with Gasteiger partial charge in [-0.25, -0.2) is 10.4 Å². The third kappa shape index (κ3) is 4.43. The van der Waals surface area contributed by atoms with Crippen molar-refractivity contribution < 1.29 is 9.53 Å². The highest BCUT2D eigenvalue weighted by atomic mass is 32.2. The Hall–Kier alpha value is -2.80. The van der Waals surface area contributed by atoms with Crippen LogP contribution in [0.15, 0.2) is 52.7 Å². The van der Waals surface area contributed by atoms with Crippen LogP contribution in [0.2, 0.25) is 0 Å². The van der Waals surface area contributed by atoms with Crippen LogP contribution in [-0.4, -0.2) is 34.4 Å². The number of H-pyrrole nitrogens is 1. The van der Waals surface area contributed by atoms with Gasteiger partial charge in [0.25, 0.3) is 5.91 Å². The highest BCUT2D eigenvalue weighted by molar-refractivity contribution is 7.99. The average molecular weight is 368 g/mol. The molecule has 2 aromatic carbocycles. The summed E-state index contributed by atoms with van der Waals surface area (Å²) in [5, 5.41) is 5.29. The Balaban J connectivity index is 1.67. The molecule has 1 heterocycles. The molecule has 0 saturated carbocycles. The Labute approximate surface area is 156 Å². The molecule has 6 nitrogen and oxygen atoms in total. The first-order chi connectivity index (χ1) is 12.5. The standard InChI is InChI=1S/C19H20N4O2S/c1-12(2)26-19-21-16-9-6-14(10-17(16)22-19)18(24)23-20-11-13-4-7-15(25-3)8-5-13/h4-12H,1-3H3,(H,21,22)(H,23,24)/b20-11-. The molecule has 0 aliphatic rings. The van der Waals surface area contributed by atoms with E-state index in [2.05, 4.69) is 34.3 Å². The Morgan fingerprint density at radius 1 is 1.27 bits per heavy atom. The lowest BCUT2D eigenvalue weighted by atomic mass is 10.2. The quantitative estimate of drug-likeness (QED) is 0.394. The molecule has 0 unspecified atom stereocenters. The SMILES string of the molecule is COc1ccc(/C=N\NC(=O)c2ccc3nc(SC(C)C)[nH]c3c2)cc1. The largest absolute Gasteiger partial charge is 0.497 e. The van der Waals surface area contributed by atoms with Gasteiger partial charge in [-0.3, -0.25) is 4.79 Å². The number of amides is 1. The van der Waals surface area contributed by atoms with Crippen molar-refractivity contribution in [2.24, 2.45) is 5.10 Å². The summed E-state index contributed by atoms with van der Waals surface area (Å²) >= 11 is 1.65. The lowest BCUT2D eigenvalue weighted by Crippen LogP contribution is -2.17. The van der Waals surface area contributed by atoms with Gasteiger partial charge in [-0.05, 0) is 48.0 Å². The molecule has 0 aliphatic carbocycles. The monoisotopic (exact) mass is 368 g/mol. The maximum atomic E-state index is 12.3. The lowest BCUT2D eigenvalue weighted by molar-refractivity contribution is 0.0955. The third-order valence-electron chi connectivity index (χ3n) is 3.57. The van der Waals surface area contributed by atoms with E-state index < -0.39 is 0 Å². The van der Waals surface area contributed by atoms with Gasteiger partial charge in [-0.1, -0.05) is 25.6 Å². The number of nitrogens with zero attached hydrogens (tertiary/aromatic N) is 2. The van der Waals surface area contributed by atoms with Crippen molar-refractivity contribution in [3.8, 4) is 5.75 Å². The summed E-state index contributed by atoms with van der Waals surface area (Å²) in [6, 6.07) is 12.7. The molecule has 0 fully saturated rings. The van der Waals surface area contributed by atoms with Gasteiger partial charge in [0.1, 0.15) is 5.75 Å². The second kappa shape index (κ2) is 8.05. The van der Waals surface area contributed by atoms with Crippen LogP contribution in [0.1, 0.15) is 29.8 Å². The smallest absolute Gasteiger partial charge is 0.271 e. The number of methoxy groups -OCH3 is 1. The number of carbonyl (C=O) groups excluding carboxylic acids is 1. The van der Waals surface area contributed by atoms with E-state index in [1.807, 2.05) is 30.3 Å². The molecule has 1 amide bonds. The highest BCUT2D eigenvalue weighted by Crippen LogP contribution is 2.23. The molecule has 3 aromatic rings. The number of ether oxygens (including phenoxy) is 1. The molecular formula is C19H20N4O2S. The van der Waals surface area contributed by atoms with E-state index in [1.54, 1.807) is 37.2 Å². The zero-order chi connectivity index (χ0) is 18.5. The van der Waals surface area contributed by atoms with Gasteiger partial charge >= 0.3 is 0 Å². The molecule has 2 N–H and O–H groups in total. The summed E-state index contributed by atoms with van der Waals surface area (Å²) in [6.45, 7) is 4.22. The molecule has 0 bridgehead atoms. The number of aromatic amines is 1. The number of fused-ring (bicyclic) bond motifs is 1. The van der Waals surface area contributed by atoms with Crippen LogP contribution < -0.4 is 10.2 Å². The van der Waals surface area contributed by atoms with E-state index in [1.165, 1.54) is 0 Å². The first kappa shape index (κ1) is 18.0. The number of aromatic nitrogens is 2. The summed E-state index contributed by atoms with van der Waals surface area (Å²) in [6.07, 6.45) is 1.59. The van der Waals surface area contributed by atoms with Crippen molar-refractivity contribution >= 4 is 34.9 Å². The van der Waals surface area contributed by atoms with Crippen molar-refractivity contribution in [3.63, 3.8) is 0 Å². The Morgan fingerprint density at radius 2 is 2.04 bits per heavy atom. The summed E-state index contributed by atoms with van der Waals surface area (Å²) in [5.74, 6) is 0.498. The van der Waals surface area contributed by atoms with Crippen molar-refractivity contribution in [1.29, 1.82) is 0 Å². The fourth-order valence-corrected chi connectivity index (χ4v) is 3.09. The minimum absolute atomic E-state index is 0.274. The van der Waals surface area contributed by atoms with Crippen LogP contribution >= 0.6 is 11.8 Å². The zero-order valence-corrected chi connectivity index (χ0v) is 15.6. The molecule has 0 aliphatic heterocycles. The van der Waals surface area contributed by atoms with Gasteiger partial charge in [0.15, 0.2) is 5.16 Å². The molecule has 1 aromatic heterocycles. The molecule has 3 rings (SSSR count). The number of benzene rings is 2. The van der Waals surface area contributed by atoms with E-state index in [-0.39, 0.29) is 5.91 Å². The van der Waals surface area contributed by atoms with Crippen LogP contribution in [0.4, 0.5) is 0 Å². The van der Waals surface area contributed by atoms with E-state index in [4.69, 9.17) is 4.74 Å². The zero-order valence-electron chi connectivity index (χ0n) is 14.8. The van der Waals surface area contributed by atoms with Crippen LogP contribution in [0.5, 0.6) is 5.75 Å². The summed E-state index contributed by atoms with van der Waals surface area (Å²) < 4.78 is 5.10. The third-order valence-corrected chi connectivity index (χ3v) is 4.45. The van der Waals surface area contributed by atoms with E-state index in [0.717, 1.165) is 27.5 Å². The number of imidazole rings is 1. The average Bonchev–Trinajstić information content (AvgIpc) is 3.02. The number of hydrazone groups is 1. The number of carbonyl (C=O) groups is 1. The molecule has 134 valence electrons. The first-order valence-electron chi connectivity index (χ1n) is 8.19.